The molecule has 1 atom stereocenters. The summed E-state index contributed by atoms with van der Waals surface area (Å²) in [5, 5.41) is 2.03. The number of nitrogens with zero attached hydrogens (tertiary/aromatic N) is 1. The van der Waals surface area contributed by atoms with Gasteiger partial charge in [-0.3, -0.25) is 4.79 Å². The van der Waals surface area contributed by atoms with Gasteiger partial charge in [-0.1, -0.05) is 30.3 Å². The number of nitrogens with two attached hydrogens (primary N) is 1. The van der Waals surface area contributed by atoms with E-state index in [9.17, 15) is 4.79 Å². The average molecular weight is 353 g/mol. The molecule has 2 aromatic rings. The first-order valence-electron chi connectivity index (χ1n) is 6.24. The van der Waals surface area contributed by atoms with Crippen molar-refractivity contribution in [3.63, 3.8) is 0 Å². The maximum Gasteiger partial charge on any atom is 0.247 e. The lowest BCUT2D eigenvalue weighted by Gasteiger charge is -2.29. The van der Waals surface area contributed by atoms with Crippen LogP contribution in [0.1, 0.15) is 18.1 Å². The van der Waals surface area contributed by atoms with E-state index in [4.69, 9.17) is 5.73 Å². The molecule has 1 aromatic heterocycles. The molecule has 0 fully saturated rings. The van der Waals surface area contributed by atoms with Crippen molar-refractivity contribution in [2.75, 3.05) is 7.05 Å². The van der Waals surface area contributed by atoms with E-state index in [1.807, 2.05) is 41.8 Å². The summed E-state index contributed by atoms with van der Waals surface area (Å²) in [6, 6.07) is 11.5. The molecule has 106 valence electrons. The normalized spacial score (nSPS) is 13.8. The van der Waals surface area contributed by atoms with Gasteiger partial charge in [0.15, 0.2) is 0 Å². The number of halogens is 1. The summed E-state index contributed by atoms with van der Waals surface area (Å²) in [6.07, 6.45) is 0. The molecular formula is C15H17BrN2OS. The van der Waals surface area contributed by atoms with Crippen LogP contribution in [-0.4, -0.2) is 17.9 Å². The fraction of sp³-hybridized carbons (Fsp3) is 0.267. The average Bonchev–Trinajstić information content (AvgIpc) is 2.84. The van der Waals surface area contributed by atoms with Crippen LogP contribution in [0.3, 0.4) is 0 Å². The van der Waals surface area contributed by atoms with Gasteiger partial charge in [-0.25, -0.2) is 0 Å². The summed E-state index contributed by atoms with van der Waals surface area (Å²) in [7, 11) is 1.78. The lowest BCUT2D eigenvalue weighted by molar-refractivity contribution is -0.136. The number of likely N-dealkylation sites (N-methyl/N-ethyl adjacent to an activating group) is 1. The van der Waals surface area contributed by atoms with E-state index in [0.717, 1.165) is 14.9 Å². The van der Waals surface area contributed by atoms with Crippen LogP contribution in [0.15, 0.2) is 45.6 Å². The number of amides is 1. The van der Waals surface area contributed by atoms with Gasteiger partial charge in [0.1, 0.15) is 5.54 Å². The summed E-state index contributed by atoms with van der Waals surface area (Å²) in [5.74, 6) is -0.0916. The van der Waals surface area contributed by atoms with E-state index >= 15 is 0 Å². The third-order valence-electron chi connectivity index (χ3n) is 3.21. The zero-order valence-corrected chi connectivity index (χ0v) is 13.9. The molecule has 0 saturated heterocycles. The van der Waals surface area contributed by atoms with Gasteiger partial charge in [-0.15, -0.1) is 11.3 Å². The minimum Gasteiger partial charge on any atom is -0.340 e. The Kier molecular flexibility index (Phi) is 4.62. The Hall–Kier alpha value is -1.17. The highest BCUT2D eigenvalue weighted by molar-refractivity contribution is 9.11. The molecule has 0 aliphatic heterocycles. The summed E-state index contributed by atoms with van der Waals surface area (Å²) in [6.45, 7) is 2.31. The lowest BCUT2D eigenvalue weighted by Crippen LogP contribution is -2.49. The third-order valence-corrected chi connectivity index (χ3v) is 4.76. The highest BCUT2D eigenvalue weighted by Gasteiger charge is 2.32. The van der Waals surface area contributed by atoms with Crippen molar-refractivity contribution < 1.29 is 4.79 Å². The summed E-state index contributed by atoms with van der Waals surface area (Å²) in [5.41, 5.74) is 7.15. The van der Waals surface area contributed by atoms with Crippen LogP contribution in [0.2, 0.25) is 0 Å². The highest BCUT2D eigenvalue weighted by Crippen LogP contribution is 2.24. The van der Waals surface area contributed by atoms with Gasteiger partial charge in [0, 0.05) is 13.6 Å². The van der Waals surface area contributed by atoms with Crippen LogP contribution >= 0.6 is 27.3 Å². The maximum absolute atomic E-state index is 12.6. The first-order valence-corrected chi connectivity index (χ1v) is 7.91. The summed E-state index contributed by atoms with van der Waals surface area (Å²) < 4.78 is 1.06. The predicted octanol–water partition coefficient (Wildman–Crippen LogP) is 3.34. The molecule has 5 heteroatoms. The molecule has 0 bridgehead atoms. The van der Waals surface area contributed by atoms with E-state index in [2.05, 4.69) is 15.9 Å². The van der Waals surface area contributed by atoms with Crippen molar-refractivity contribution in [2.24, 2.45) is 5.73 Å². The predicted molar refractivity (Wildman–Crippen MR) is 86.5 cm³/mol. The van der Waals surface area contributed by atoms with Gasteiger partial charge in [0.2, 0.25) is 5.91 Å². The Labute approximate surface area is 131 Å². The molecule has 0 aliphatic carbocycles. The van der Waals surface area contributed by atoms with Crippen molar-refractivity contribution in [1.29, 1.82) is 0 Å². The van der Waals surface area contributed by atoms with Crippen molar-refractivity contribution >= 4 is 33.2 Å². The molecule has 2 rings (SSSR count). The first-order chi connectivity index (χ1) is 9.41. The minimum absolute atomic E-state index is 0.0916. The Morgan fingerprint density at radius 3 is 2.60 bits per heavy atom. The fourth-order valence-corrected chi connectivity index (χ4v) is 3.28. The standard InChI is InChI=1S/C15H17BrN2OS/c1-15(17,12-6-4-3-5-7-12)14(19)18(2)9-11-8-13(16)20-10-11/h3-8,10H,9,17H2,1-2H3. The number of carbonyl (C=O) groups excluding carboxylic acids is 1. The largest absolute Gasteiger partial charge is 0.340 e. The van der Waals surface area contributed by atoms with E-state index in [-0.39, 0.29) is 5.91 Å². The van der Waals surface area contributed by atoms with Gasteiger partial charge in [0.05, 0.1) is 3.79 Å². The minimum atomic E-state index is -1.01. The molecule has 3 nitrogen and oxygen atoms in total. The number of rotatable bonds is 4. The number of hydrogen-bond donors (Lipinski definition) is 1. The Balaban J connectivity index is 2.13. The van der Waals surface area contributed by atoms with E-state index in [1.54, 1.807) is 30.2 Å². The van der Waals surface area contributed by atoms with Crippen molar-refractivity contribution in [2.45, 2.75) is 19.0 Å². The van der Waals surface area contributed by atoms with Gasteiger partial charge < -0.3 is 10.6 Å². The Morgan fingerprint density at radius 2 is 2.05 bits per heavy atom. The third kappa shape index (κ3) is 3.29. The molecule has 20 heavy (non-hydrogen) atoms. The van der Waals surface area contributed by atoms with Crippen LogP contribution in [0, 0.1) is 0 Å². The zero-order valence-electron chi connectivity index (χ0n) is 11.5. The zero-order chi connectivity index (χ0) is 14.8. The van der Waals surface area contributed by atoms with Crippen molar-refractivity contribution in [3.8, 4) is 0 Å². The lowest BCUT2D eigenvalue weighted by atomic mass is 9.91. The molecule has 1 amide bonds. The molecule has 0 spiro atoms. The molecule has 1 aromatic carbocycles. The van der Waals surface area contributed by atoms with Crippen LogP contribution in [0.5, 0.6) is 0 Å². The second-order valence-electron chi connectivity index (χ2n) is 4.99. The van der Waals surface area contributed by atoms with Gasteiger partial charge in [-0.05, 0) is 45.4 Å². The first kappa shape index (κ1) is 15.2. The SMILES string of the molecule is CN(Cc1csc(Br)c1)C(=O)C(C)(N)c1ccccc1. The molecular weight excluding hydrogens is 336 g/mol. The van der Waals surface area contributed by atoms with Crippen LogP contribution in [0.4, 0.5) is 0 Å². The number of hydrogen-bond acceptors (Lipinski definition) is 3. The number of benzene rings is 1. The molecule has 0 aliphatic rings. The second-order valence-corrected chi connectivity index (χ2v) is 7.28. The monoisotopic (exact) mass is 352 g/mol. The van der Waals surface area contributed by atoms with Crippen LogP contribution < -0.4 is 5.73 Å². The van der Waals surface area contributed by atoms with Crippen molar-refractivity contribution in [3.05, 3.63) is 56.7 Å². The molecule has 1 heterocycles. The van der Waals surface area contributed by atoms with E-state index < -0.39 is 5.54 Å². The number of carbonyl (C=O) groups is 1. The Bertz CT molecular complexity index is 595. The summed E-state index contributed by atoms with van der Waals surface area (Å²) in [4.78, 5) is 14.2. The van der Waals surface area contributed by atoms with Crippen molar-refractivity contribution in [1.82, 2.24) is 4.90 Å². The van der Waals surface area contributed by atoms with Crippen LogP contribution in [0.25, 0.3) is 0 Å². The highest BCUT2D eigenvalue weighted by atomic mass is 79.9. The van der Waals surface area contributed by atoms with E-state index in [1.165, 1.54) is 0 Å². The quantitative estimate of drug-likeness (QED) is 0.916. The maximum atomic E-state index is 12.6. The molecule has 0 radical (unpaired) electrons. The van der Waals surface area contributed by atoms with Gasteiger partial charge in [-0.2, -0.15) is 0 Å². The number of thiophene rings is 1. The fourth-order valence-electron chi connectivity index (χ4n) is 2.08. The smallest absolute Gasteiger partial charge is 0.247 e. The Morgan fingerprint density at radius 1 is 1.40 bits per heavy atom. The summed E-state index contributed by atoms with van der Waals surface area (Å²) >= 11 is 5.04. The topological polar surface area (TPSA) is 46.3 Å². The van der Waals surface area contributed by atoms with Gasteiger partial charge in [0.25, 0.3) is 0 Å². The molecule has 0 saturated carbocycles. The second kappa shape index (κ2) is 6.08. The van der Waals surface area contributed by atoms with Crippen LogP contribution in [-0.2, 0) is 16.9 Å². The van der Waals surface area contributed by atoms with Gasteiger partial charge >= 0.3 is 0 Å². The molecule has 2 N–H and O–H groups in total. The molecule has 1 unspecified atom stereocenters. The van der Waals surface area contributed by atoms with E-state index in [0.29, 0.717) is 6.54 Å².